The number of carbonyl (C=O) groups is 1. The summed E-state index contributed by atoms with van der Waals surface area (Å²) in [6, 6.07) is 6.06. The fourth-order valence-corrected chi connectivity index (χ4v) is 2.83. The van der Waals surface area contributed by atoms with Gasteiger partial charge in [0.25, 0.3) is 5.91 Å². The molecule has 1 N–H and O–H groups in total. The zero-order chi connectivity index (χ0) is 13.2. The van der Waals surface area contributed by atoms with E-state index in [4.69, 9.17) is 0 Å². The molecule has 1 aromatic rings. The van der Waals surface area contributed by atoms with Crippen LogP contribution in [0.25, 0.3) is 0 Å². The number of nitrogens with zero attached hydrogens (tertiary/aromatic N) is 2. The van der Waals surface area contributed by atoms with Gasteiger partial charge in [0, 0.05) is 50.9 Å². The van der Waals surface area contributed by atoms with Crippen molar-refractivity contribution >= 4 is 5.91 Å². The van der Waals surface area contributed by atoms with Crippen molar-refractivity contribution in [2.24, 2.45) is 0 Å². The Kier molecular flexibility index (Phi) is 3.48. The molecule has 3 saturated heterocycles. The lowest BCUT2D eigenvalue weighted by molar-refractivity contribution is 0.0138. The molecule has 3 heterocycles. The molecule has 0 radical (unpaired) electrons. The van der Waals surface area contributed by atoms with Crippen LogP contribution >= 0.6 is 0 Å². The van der Waals surface area contributed by atoms with E-state index in [0.717, 1.165) is 32.7 Å². The number of benzene rings is 1. The highest BCUT2D eigenvalue weighted by atomic mass is 19.1. The second-order valence-electron chi connectivity index (χ2n) is 5.21. The standard InChI is InChI=1S/C14H18FN3O/c15-12-3-1-11(2-4-12)14(19)16-9-13-10-17-5-7-18(13)8-6-17/h1-4,13H,5-10H2,(H,16,19). The van der Waals surface area contributed by atoms with Crippen LogP contribution in [0, 0.1) is 5.82 Å². The lowest BCUT2D eigenvalue weighted by Gasteiger charge is -2.47. The maximum Gasteiger partial charge on any atom is 0.251 e. The van der Waals surface area contributed by atoms with E-state index < -0.39 is 0 Å². The van der Waals surface area contributed by atoms with Crippen LogP contribution in [-0.2, 0) is 0 Å². The maximum absolute atomic E-state index is 12.8. The average Bonchev–Trinajstić information content (AvgIpc) is 2.47. The molecule has 0 aromatic heterocycles. The van der Waals surface area contributed by atoms with Crippen LogP contribution in [0.4, 0.5) is 4.39 Å². The summed E-state index contributed by atoms with van der Waals surface area (Å²) in [4.78, 5) is 16.8. The zero-order valence-corrected chi connectivity index (χ0v) is 10.8. The molecule has 2 bridgehead atoms. The molecule has 0 saturated carbocycles. The molecule has 19 heavy (non-hydrogen) atoms. The van der Waals surface area contributed by atoms with Gasteiger partial charge in [-0.25, -0.2) is 4.39 Å². The molecule has 1 amide bonds. The van der Waals surface area contributed by atoms with Gasteiger partial charge in [-0.3, -0.25) is 14.6 Å². The van der Waals surface area contributed by atoms with Crippen LogP contribution in [0.15, 0.2) is 24.3 Å². The van der Waals surface area contributed by atoms with Gasteiger partial charge in [-0.05, 0) is 24.3 Å². The van der Waals surface area contributed by atoms with Crippen LogP contribution in [-0.4, -0.2) is 61.0 Å². The third-order valence-electron chi connectivity index (χ3n) is 4.00. The minimum atomic E-state index is -0.319. The molecule has 102 valence electrons. The zero-order valence-electron chi connectivity index (χ0n) is 10.8. The first-order valence-electron chi connectivity index (χ1n) is 6.72. The highest BCUT2D eigenvalue weighted by molar-refractivity contribution is 5.94. The summed E-state index contributed by atoms with van der Waals surface area (Å²) in [6.45, 7) is 6.16. The normalized spacial score (nSPS) is 29.2. The van der Waals surface area contributed by atoms with Gasteiger partial charge in [0.2, 0.25) is 0 Å². The van der Waals surface area contributed by atoms with Gasteiger partial charge < -0.3 is 5.32 Å². The smallest absolute Gasteiger partial charge is 0.251 e. The van der Waals surface area contributed by atoms with Gasteiger partial charge in [-0.1, -0.05) is 0 Å². The molecule has 3 fully saturated rings. The Morgan fingerprint density at radius 1 is 1.21 bits per heavy atom. The maximum atomic E-state index is 12.8. The number of fused-ring (bicyclic) bond motifs is 3. The van der Waals surface area contributed by atoms with Gasteiger partial charge in [0.05, 0.1) is 0 Å². The van der Waals surface area contributed by atoms with Crippen molar-refractivity contribution in [1.29, 1.82) is 0 Å². The summed E-state index contributed by atoms with van der Waals surface area (Å²) in [5.74, 6) is -0.447. The van der Waals surface area contributed by atoms with Crippen LogP contribution in [0.3, 0.4) is 0 Å². The number of carbonyl (C=O) groups excluding carboxylic acids is 1. The number of piperazine rings is 3. The summed E-state index contributed by atoms with van der Waals surface area (Å²) in [6.07, 6.45) is 0. The predicted molar refractivity (Wildman–Crippen MR) is 70.5 cm³/mol. The molecule has 1 atom stereocenters. The van der Waals surface area contributed by atoms with Crippen molar-refractivity contribution in [2.75, 3.05) is 39.3 Å². The SMILES string of the molecule is O=C(NCC1CN2CCN1CC2)c1ccc(F)cc1. The minimum absolute atomic E-state index is 0.127. The predicted octanol–water partition coefficient (Wildman–Crippen LogP) is 0.555. The molecule has 5 heteroatoms. The number of amides is 1. The van der Waals surface area contributed by atoms with Gasteiger partial charge >= 0.3 is 0 Å². The van der Waals surface area contributed by atoms with E-state index in [1.165, 1.54) is 24.3 Å². The number of hydrogen-bond acceptors (Lipinski definition) is 3. The van der Waals surface area contributed by atoms with Crippen molar-refractivity contribution in [3.05, 3.63) is 35.6 Å². The summed E-state index contributed by atoms with van der Waals surface area (Å²) in [5, 5.41) is 2.94. The molecule has 0 aliphatic carbocycles. The molecule has 4 rings (SSSR count). The van der Waals surface area contributed by atoms with Crippen molar-refractivity contribution in [1.82, 2.24) is 15.1 Å². The van der Waals surface area contributed by atoms with E-state index in [9.17, 15) is 9.18 Å². The molecular weight excluding hydrogens is 245 g/mol. The van der Waals surface area contributed by atoms with E-state index in [1.807, 2.05) is 0 Å². The lowest BCUT2D eigenvalue weighted by atomic mass is 10.1. The van der Waals surface area contributed by atoms with E-state index in [2.05, 4.69) is 15.1 Å². The number of nitrogens with one attached hydrogen (secondary N) is 1. The van der Waals surface area contributed by atoms with Gasteiger partial charge in [0.15, 0.2) is 0 Å². The average molecular weight is 263 g/mol. The van der Waals surface area contributed by atoms with Gasteiger partial charge in [-0.15, -0.1) is 0 Å². The fraction of sp³-hybridized carbons (Fsp3) is 0.500. The lowest BCUT2D eigenvalue weighted by Crippen LogP contribution is -2.63. The molecule has 1 unspecified atom stereocenters. The fourth-order valence-electron chi connectivity index (χ4n) is 2.83. The Hall–Kier alpha value is -1.46. The Balaban J connectivity index is 1.54. The Bertz CT molecular complexity index is 454. The van der Waals surface area contributed by atoms with Crippen LogP contribution in [0.5, 0.6) is 0 Å². The summed E-state index contributed by atoms with van der Waals surface area (Å²) in [5.41, 5.74) is 0.512. The third kappa shape index (κ3) is 2.77. The Morgan fingerprint density at radius 3 is 2.47 bits per heavy atom. The molecule has 4 nitrogen and oxygen atoms in total. The van der Waals surface area contributed by atoms with Crippen LogP contribution < -0.4 is 5.32 Å². The topological polar surface area (TPSA) is 35.6 Å². The highest BCUT2D eigenvalue weighted by Crippen LogP contribution is 2.15. The van der Waals surface area contributed by atoms with Crippen molar-refractivity contribution < 1.29 is 9.18 Å². The first-order chi connectivity index (χ1) is 9.22. The first kappa shape index (κ1) is 12.6. The van der Waals surface area contributed by atoms with Crippen LogP contribution in [0.2, 0.25) is 0 Å². The molecule has 3 aliphatic rings. The van der Waals surface area contributed by atoms with Crippen LogP contribution in [0.1, 0.15) is 10.4 Å². The Labute approximate surface area is 112 Å². The monoisotopic (exact) mass is 263 g/mol. The molecular formula is C14H18FN3O. The largest absolute Gasteiger partial charge is 0.350 e. The molecule has 3 aliphatic heterocycles. The van der Waals surface area contributed by atoms with Crippen molar-refractivity contribution in [3.63, 3.8) is 0 Å². The van der Waals surface area contributed by atoms with E-state index in [-0.39, 0.29) is 11.7 Å². The van der Waals surface area contributed by atoms with E-state index in [0.29, 0.717) is 18.2 Å². The van der Waals surface area contributed by atoms with E-state index in [1.54, 1.807) is 0 Å². The molecule has 1 aromatic carbocycles. The molecule has 0 spiro atoms. The number of halogens is 1. The summed E-state index contributed by atoms with van der Waals surface area (Å²) in [7, 11) is 0. The number of rotatable bonds is 3. The highest BCUT2D eigenvalue weighted by Gasteiger charge is 2.31. The van der Waals surface area contributed by atoms with Crippen molar-refractivity contribution in [3.8, 4) is 0 Å². The quantitative estimate of drug-likeness (QED) is 0.865. The number of hydrogen-bond donors (Lipinski definition) is 1. The van der Waals surface area contributed by atoms with Crippen molar-refractivity contribution in [2.45, 2.75) is 6.04 Å². The van der Waals surface area contributed by atoms with Gasteiger partial charge in [0.1, 0.15) is 5.82 Å². The van der Waals surface area contributed by atoms with Gasteiger partial charge in [-0.2, -0.15) is 0 Å². The second kappa shape index (κ2) is 5.27. The Morgan fingerprint density at radius 2 is 1.89 bits per heavy atom. The minimum Gasteiger partial charge on any atom is -0.350 e. The first-order valence-corrected chi connectivity index (χ1v) is 6.72. The third-order valence-corrected chi connectivity index (χ3v) is 4.00. The second-order valence-corrected chi connectivity index (χ2v) is 5.21. The summed E-state index contributed by atoms with van der Waals surface area (Å²) >= 11 is 0. The van der Waals surface area contributed by atoms with E-state index >= 15 is 0 Å². The summed E-state index contributed by atoms with van der Waals surface area (Å²) < 4.78 is 12.8.